The molecule has 1 saturated heterocycles. The van der Waals surface area contributed by atoms with Gasteiger partial charge < -0.3 is 29.0 Å². The molecule has 2 heterocycles. The molecule has 35 heavy (non-hydrogen) atoms. The molecule has 0 bridgehead atoms. The fourth-order valence-corrected chi connectivity index (χ4v) is 4.44. The Hall–Kier alpha value is -2.94. The van der Waals surface area contributed by atoms with E-state index in [1.54, 1.807) is 16.4 Å². The summed E-state index contributed by atoms with van der Waals surface area (Å²) in [5.41, 5.74) is 1.47. The van der Waals surface area contributed by atoms with Gasteiger partial charge in [0, 0.05) is 65.7 Å². The molecule has 1 atom stereocenters. The van der Waals surface area contributed by atoms with Gasteiger partial charge in [0.25, 0.3) is 5.56 Å². The number of allylic oxidation sites excluding steroid dienone is 4. The number of benzene rings is 1. The summed E-state index contributed by atoms with van der Waals surface area (Å²) in [5.74, 6) is 1.70. The lowest BCUT2D eigenvalue weighted by atomic mass is 10.1. The van der Waals surface area contributed by atoms with Crippen LogP contribution in [0.3, 0.4) is 0 Å². The summed E-state index contributed by atoms with van der Waals surface area (Å²) in [5, 5.41) is 4.32. The van der Waals surface area contributed by atoms with Gasteiger partial charge in [-0.15, -0.1) is 0 Å². The number of nitrogens with zero attached hydrogens (tertiary/aromatic N) is 2. The van der Waals surface area contributed by atoms with Crippen LogP contribution in [0.5, 0.6) is 5.75 Å². The number of nitrogens with one attached hydrogen (secondary N) is 1. The van der Waals surface area contributed by atoms with Crippen molar-refractivity contribution in [1.82, 2.24) is 14.8 Å². The number of hydrogen-bond donors (Lipinski definition) is 1. The van der Waals surface area contributed by atoms with Gasteiger partial charge in [-0.1, -0.05) is 12.2 Å². The average Bonchev–Trinajstić information content (AvgIpc) is 2.87. The molecule has 1 fully saturated rings. The number of hydrogen-bond acceptors (Lipinski definition) is 6. The molecule has 1 N–H and O–H groups in total. The first-order valence-electron chi connectivity index (χ1n) is 12.4. The van der Waals surface area contributed by atoms with Crippen LogP contribution >= 0.6 is 0 Å². The van der Waals surface area contributed by atoms with Crippen molar-refractivity contribution in [3.05, 3.63) is 64.2 Å². The Bertz CT molecular complexity index is 1160. The molecule has 1 aromatic heterocycles. The minimum absolute atomic E-state index is 0. The Morgan fingerprint density at radius 2 is 2.20 bits per heavy atom. The van der Waals surface area contributed by atoms with E-state index in [4.69, 9.17) is 14.2 Å². The zero-order valence-electron chi connectivity index (χ0n) is 20.6. The zero-order valence-corrected chi connectivity index (χ0v) is 20.6. The van der Waals surface area contributed by atoms with Crippen molar-refractivity contribution in [3.8, 4) is 5.75 Å². The highest BCUT2D eigenvalue weighted by Gasteiger charge is 2.22. The van der Waals surface area contributed by atoms with Crippen molar-refractivity contribution in [3.63, 3.8) is 0 Å². The third-order valence-corrected chi connectivity index (χ3v) is 6.30. The molecule has 2 aromatic rings. The van der Waals surface area contributed by atoms with Crippen molar-refractivity contribution in [2.45, 2.75) is 45.9 Å². The number of rotatable bonds is 10. The molecular formula is C27H37N3O5. The third kappa shape index (κ3) is 6.60. The van der Waals surface area contributed by atoms with Gasteiger partial charge >= 0.3 is 0 Å². The van der Waals surface area contributed by atoms with Crippen LogP contribution in [0, 0.1) is 0 Å². The summed E-state index contributed by atoms with van der Waals surface area (Å²) in [6, 6.07) is 7.82. The topological polar surface area (TPSA) is 82.0 Å². The van der Waals surface area contributed by atoms with E-state index in [0.717, 1.165) is 35.3 Å². The van der Waals surface area contributed by atoms with Crippen molar-refractivity contribution in [2.24, 2.45) is 0 Å². The SMILES string of the molecule is CCOCCn1c(=O)c(CNCC2CN(C(C)=O)CCO2)cc2ccc(OC3=CC=CCC3)cc21.[HH]. The highest BCUT2D eigenvalue weighted by atomic mass is 16.5. The van der Waals surface area contributed by atoms with Crippen molar-refractivity contribution < 1.29 is 20.4 Å². The van der Waals surface area contributed by atoms with Crippen LogP contribution < -0.4 is 15.6 Å². The first-order valence-corrected chi connectivity index (χ1v) is 12.4. The lowest BCUT2D eigenvalue weighted by Gasteiger charge is -2.32. The first kappa shape index (κ1) is 25.2. The second-order valence-corrected chi connectivity index (χ2v) is 8.83. The van der Waals surface area contributed by atoms with Gasteiger partial charge in [-0.25, -0.2) is 0 Å². The number of morpholine rings is 1. The summed E-state index contributed by atoms with van der Waals surface area (Å²) in [4.78, 5) is 26.9. The molecule has 2 aliphatic rings. The summed E-state index contributed by atoms with van der Waals surface area (Å²) in [6.45, 7) is 7.75. The Kier molecular flexibility index (Phi) is 8.74. The Labute approximate surface area is 207 Å². The van der Waals surface area contributed by atoms with E-state index in [-0.39, 0.29) is 19.0 Å². The Morgan fingerprint density at radius 1 is 1.31 bits per heavy atom. The maximum Gasteiger partial charge on any atom is 0.255 e. The molecule has 0 radical (unpaired) electrons. The van der Waals surface area contributed by atoms with E-state index in [2.05, 4.69) is 11.4 Å². The molecule has 1 aliphatic heterocycles. The predicted molar refractivity (Wildman–Crippen MR) is 138 cm³/mol. The zero-order chi connectivity index (χ0) is 24.6. The number of amides is 1. The largest absolute Gasteiger partial charge is 0.462 e. The highest BCUT2D eigenvalue weighted by molar-refractivity contribution is 5.81. The maximum atomic E-state index is 13.4. The van der Waals surface area contributed by atoms with Gasteiger partial charge in [0.1, 0.15) is 11.5 Å². The van der Waals surface area contributed by atoms with E-state index in [0.29, 0.717) is 58.1 Å². The number of carbonyl (C=O) groups excluding carboxylic acids is 1. The minimum Gasteiger partial charge on any atom is -0.462 e. The maximum absolute atomic E-state index is 13.4. The second-order valence-electron chi connectivity index (χ2n) is 8.83. The monoisotopic (exact) mass is 483 g/mol. The van der Waals surface area contributed by atoms with Gasteiger partial charge in [-0.05, 0) is 43.0 Å². The number of aromatic nitrogens is 1. The van der Waals surface area contributed by atoms with Gasteiger partial charge in [-0.3, -0.25) is 9.59 Å². The number of ether oxygens (including phenoxy) is 3. The Morgan fingerprint density at radius 3 is 2.97 bits per heavy atom. The lowest BCUT2D eigenvalue weighted by Crippen LogP contribution is -2.48. The number of fused-ring (bicyclic) bond motifs is 1. The average molecular weight is 484 g/mol. The standard InChI is InChI=1S/C27H35N3O5.H2/c1-3-33-13-12-30-26-16-24(35-23-7-5-4-6-8-23)10-9-21(26)15-22(27(30)32)17-28-18-25-19-29(20(2)31)11-14-34-25;/h4-5,7,9-10,15-16,25,28H,3,6,8,11-14,17-19H2,1-2H3;1H. The second kappa shape index (κ2) is 12.2. The lowest BCUT2D eigenvalue weighted by molar-refractivity contribution is -0.136. The third-order valence-electron chi connectivity index (χ3n) is 6.30. The molecule has 8 heteroatoms. The quantitative estimate of drug-likeness (QED) is 0.523. The van der Waals surface area contributed by atoms with Crippen LogP contribution in [-0.4, -0.2) is 60.9 Å². The highest BCUT2D eigenvalue weighted by Crippen LogP contribution is 2.24. The van der Waals surface area contributed by atoms with Gasteiger partial charge in [-0.2, -0.15) is 0 Å². The molecule has 8 nitrogen and oxygen atoms in total. The molecule has 1 unspecified atom stereocenters. The molecule has 0 saturated carbocycles. The van der Waals surface area contributed by atoms with Crippen LogP contribution in [0.1, 0.15) is 33.7 Å². The molecular weight excluding hydrogens is 446 g/mol. The van der Waals surface area contributed by atoms with Crippen LogP contribution in [0.25, 0.3) is 10.9 Å². The van der Waals surface area contributed by atoms with E-state index in [9.17, 15) is 9.59 Å². The van der Waals surface area contributed by atoms with Crippen molar-refractivity contribution in [1.29, 1.82) is 0 Å². The summed E-state index contributed by atoms with van der Waals surface area (Å²) in [7, 11) is 0. The molecule has 4 rings (SSSR count). The summed E-state index contributed by atoms with van der Waals surface area (Å²) < 4.78 is 19.2. The molecule has 190 valence electrons. The van der Waals surface area contributed by atoms with Crippen molar-refractivity contribution >= 4 is 16.8 Å². The van der Waals surface area contributed by atoms with Gasteiger partial charge in [0.05, 0.1) is 24.8 Å². The van der Waals surface area contributed by atoms with Crippen LogP contribution in [0.15, 0.2) is 53.0 Å². The Balaban J connectivity index is 0.00000361. The van der Waals surface area contributed by atoms with Gasteiger partial charge in [0.15, 0.2) is 0 Å². The normalized spacial score (nSPS) is 18.1. The van der Waals surface area contributed by atoms with Crippen LogP contribution in [0.4, 0.5) is 0 Å². The van der Waals surface area contributed by atoms with Gasteiger partial charge in [0.2, 0.25) is 5.91 Å². The van der Waals surface area contributed by atoms with Crippen LogP contribution in [-0.2, 0) is 27.4 Å². The number of carbonyl (C=O) groups is 1. The van der Waals surface area contributed by atoms with E-state index in [1.807, 2.05) is 43.3 Å². The van der Waals surface area contributed by atoms with Crippen molar-refractivity contribution in [2.75, 3.05) is 39.5 Å². The molecule has 1 aromatic carbocycles. The van der Waals surface area contributed by atoms with E-state index >= 15 is 0 Å². The van der Waals surface area contributed by atoms with E-state index in [1.165, 1.54) is 0 Å². The minimum atomic E-state index is -0.0862. The molecule has 1 aliphatic carbocycles. The molecule has 1 amide bonds. The smallest absolute Gasteiger partial charge is 0.255 e. The molecule has 0 spiro atoms. The van der Waals surface area contributed by atoms with E-state index < -0.39 is 0 Å². The summed E-state index contributed by atoms with van der Waals surface area (Å²) in [6.07, 6.45) is 7.85. The fourth-order valence-electron chi connectivity index (χ4n) is 4.44. The first-order chi connectivity index (χ1) is 17.0. The summed E-state index contributed by atoms with van der Waals surface area (Å²) >= 11 is 0. The van der Waals surface area contributed by atoms with Crippen LogP contribution in [0.2, 0.25) is 0 Å². The fraction of sp³-hybridized carbons (Fsp3) is 0.481. The predicted octanol–water partition coefficient (Wildman–Crippen LogP) is 3.23. The number of pyridine rings is 1.